The van der Waals surface area contributed by atoms with Crippen LogP contribution in [0.1, 0.15) is 118 Å². The van der Waals surface area contributed by atoms with E-state index in [1.54, 1.807) is 27.7 Å². The number of rotatable bonds is 30. The molecule has 9 N–H and O–H groups in total. The molecule has 5 heterocycles. The van der Waals surface area contributed by atoms with Gasteiger partial charge in [-0.2, -0.15) is 0 Å². The topological polar surface area (TPSA) is 408 Å². The number of hydrogen-bond donors (Lipinski definition) is 9. The largest absolute Gasteiger partial charge is 0.480 e. The number of carbonyl (C=O) groups is 12. The number of aryl methyl sites for hydroxylation is 1. The molecule has 0 fully saturated rings. The molecule has 8 rings (SSSR count). The molecule has 2 aromatic carbocycles. The molecule has 4 aliphatic rings. The van der Waals surface area contributed by atoms with E-state index >= 15 is 4.39 Å². The van der Waals surface area contributed by atoms with E-state index in [1.165, 1.54) is 61.9 Å². The van der Waals surface area contributed by atoms with Gasteiger partial charge in [0.25, 0.3) is 17.4 Å². The highest BCUT2D eigenvalue weighted by Crippen LogP contribution is 2.46. The Labute approximate surface area is 543 Å². The first kappa shape index (κ1) is 70.9. The lowest BCUT2D eigenvalue weighted by molar-refractivity contribution is -0.172. The van der Waals surface area contributed by atoms with Gasteiger partial charge in [0.15, 0.2) is 5.60 Å². The summed E-state index contributed by atoms with van der Waals surface area (Å²) in [6.07, 6.45) is -0.640. The van der Waals surface area contributed by atoms with Crippen LogP contribution in [0.5, 0.6) is 0 Å². The van der Waals surface area contributed by atoms with E-state index < -0.39 is 145 Å². The van der Waals surface area contributed by atoms with E-state index in [9.17, 15) is 72.5 Å². The van der Waals surface area contributed by atoms with Gasteiger partial charge >= 0.3 is 18.0 Å². The molecule has 0 saturated heterocycles. The zero-order valence-electron chi connectivity index (χ0n) is 53.4. The highest BCUT2D eigenvalue weighted by atomic mass is 19.1. The van der Waals surface area contributed by atoms with Crippen LogP contribution in [-0.4, -0.2) is 179 Å². The summed E-state index contributed by atoms with van der Waals surface area (Å²) in [6, 6.07) is 4.42. The first-order valence-corrected chi connectivity index (χ1v) is 30.9. The number of likely N-dealkylation sites (N-methyl/N-ethyl adjacent to an activating group) is 1. The van der Waals surface area contributed by atoms with E-state index in [-0.39, 0.29) is 123 Å². The number of carbonyl (C=O) groups excluding carboxylic acids is 11. The monoisotopic (exact) mass is 1320 g/mol. The molecule has 2 aromatic heterocycles. The number of imide groups is 1. The molecular weight excluding hydrogens is 1250 g/mol. The number of aliphatic carboxylic acids is 1. The maximum absolute atomic E-state index is 15.7. The number of cyclic esters (lactones) is 1. The Hall–Kier alpha value is -10.0. The zero-order chi connectivity index (χ0) is 69.2. The van der Waals surface area contributed by atoms with Gasteiger partial charge in [-0.15, -0.1) is 0 Å². The number of aromatic nitrogens is 2. The summed E-state index contributed by atoms with van der Waals surface area (Å²) in [5.41, 5.74) is 0.691. The lowest BCUT2D eigenvalue weighted by atomic mass is 9.81. The summed E-state index contributed by atoms with van der Waals surface area (Å²) in [5.74, 6) is -8.58. The van der Waals surface area contributed by atoms with Gasteiger partial charge in [0.05, 0.1) is 61.4 Å². The predicted molar refractivity (Wildman–Crippen MR) is 332 cm³/mol. The summed E-state index contributed by atoms with van der Waals surface area (Å²) in [4.78, 5) is 174. The standard InChI is InChI=1S/C64H76FN11O19/c1-8-64(91)41-25-46-57-39(28-76(46)60(87)40(41)30-94-62(64)89)55-43(14-13-38-33(4)42(65)26-45(72-57)54(38)55)73-63(90)95-47(36-9-11-37(12-10-36)70-58(85)34(5)68-59(86)56(32(2)3)69-35(6)77)27-67-48(78)16-15-44(61(88)74(7)29-53(83)84)71-50(80)31-93-24-23-92-22-20-66-49(79)19-21-75-51(81)17-18-52(75)82/h9-12,17-18,25-26,32,34,43-44,47,56,91H,8,13-16,19-24,27-31H2,1-7H3,(H,66,79)(H,67,78)(H,68,86)(H,69,77)(H,70,85)(H,71,80)(H,73,90)(H,83,84)/t34-,43-,44?,47?,56-,64-/m0/s1. The first-order chi connectivity index (χ1) is 45.1. The summed E-state index contributed by atoms with van der Waals surface area (Å²) >= 11 is 0. The first-order valence-electron chi connectivity index (χ1n) is 30.9. The molecule has 0 radical (unpaired) electrons. The fourth-order valence-corrected chi connectivity index (χ4v) is 11.6. The Bertz CT molecular complexity index is 3820. The van der Waals surface area contributed by atoms with E-state index in [0.29, 0.717) is 27.6 Å². The lowest BCUT2D eigenvalue weighted by Crippen LogP contribution is -2.53. The average Bonchev–Trinajstić information content (AvgIpc) is 1.62. The number of esters is 1. The highest BCUT2D eigenvalue weighted by molar-refractivity contribution is 6.13. The second-order valence-corrected chi connectivity index (χ2v) is 23.7. The second-order valence-electron chi connectivity index (χ2n) is 23.7. The molecule has 3 aliphatic heterocycles. The Morgan fingerprint density at radius 2 is 1.56 bits per heavy atom. The normalized spacial score (nSPS) is 17.1. The van der Waals surface area contributed by atoms with Crippen LogP contribution in [0.3, 0.4) is 0 Å². The van der Waals surface area contributed by atoms with Crippen molar-refractivity contribution in [2.24, 2.45) is 5.92 Å². The minimum atomic E-state index is -2.14. The Morgan fingerprint density at radius 1 is 0.863 bits per heavy atom. The fourth-order valence-electron chi connectivity index (χ4n) is 11.6. The summed E-state index contributed by atoms with van der Waals surface area (Å²) in [6.45, 7) is 7.08. The SMILES string of the molecule is CC[C@@]1(O)C(=O)OCc2c1cc1n(c2=O)Cc2c-1nc1cc(F)c(C)c3c1c2[C@@H](NC(=O)OC(CNC(=O)CCC(NC(=O)COCCOCCNC(=O)CCN1C(=O)C=CC1=O)C(=O)N(C)CC(=O)O)c1ccc(NC(=O)[C@H](C)NC(=O)[C@@H](NC(C)=O)C(C)C)cc1)CC3. The van der Waals surface area contributed by atoms with Crippen LogP contribution < -0.4 is 42.8 Å². The number of nitrogens with zero attached hydrogens (tertiary/aromatic N) is 4. The molecule has 1 aliphatic carbocycles. The fraction of sp³-hybridized carbons (Fsp3) is 0.469. The third-order valence-electron chi connectivity index (χ3n) is 16.7. The van der Waals surface area contributed by atoms with Crippen molar-refractivity contribution in [1.82, 2.24) is 51.3 Å². The van der Waals surface area contributed by atoms with Gasteiger partial charge in [0, 0.05) is 80.3 Å². The Kier molecular flexibility index (Phi) is 23.0. The number of carboxylic acids is 1. The van der Waals surface area contributed by atoms with Crippen molar-refractivity contribution in [2.75, 3.05) is 65.0 Å². The highest BCUT2D eigenvalue weighted by Gasteiger charge is 2.46. The molecule has 0 bridgehead atoms. The van der Waals surface area contributed by atoms with Crippen molar-refractivity contribution in [2.45, 2.75) is 129 Å². The van der Waals surface area contributed by atoms with Gasteiger partial charge in [-0.05, 0) is 85.9 Å². The summed E-state index contributed by atoms with van der Waals surface area (Å²) in [7, 11) is 1.19. The van der Waals surface area contributed by atoms with Crippen LogP contribution in [0.25, 0.3) is 22.3 Å². The van der Waals surface area contributed by atoms with Gasteiger partial charge in [0.2, 0.25) is 41.4 Å². The van der Waals surface area contributed by atoms with Gasteiger partial charge < -0.3 is 75.8 Å². The van der Waals surface area contributed by atoms with Crippen molar-refractivity contribution < 1.29 is 91.1 Å². The second kappa shape index (κ2) is 30.8. The predicted octanol–water partition coefficient (Wildman–Crippen LogP) is 0.975. The number of benzene rings is 2. The van der Waals surface area contributed by atoms with E-state index in [0.717, 1.165) is 22.0 Å². The summed E-state index contributed by atoms with van der Waals surface area (Å²) < 4.78 is 39.4. The number of fused-ring (bicyclic) bond motifs is 5. The Balaban J connectivity index is 0.962. The number of halogens is 1. The number of alkyl carbamates (subject to hydrolysis) is 1. The number of hydrogen-bond acceptors (Lipinski definition) is 19. The number of anilines is 1. The van der Waals surface area contributed by atoms with Gasteiger partial charge in [-0.25, -0.2) is 19.0 Å². The van der Waals surface area contributed by atoms with Gasteiger partial charge in [-0.1, -0.05) is 32.9 Å². The molecule has 10 amide bonds. The van der Waals surface area contributed by atoms with Crippen molar-refractivity contribution in [3.63, 3.8) is 0 Å². The van der Waals surface area contributed by atoms with Crippen molar-refractivity contribution in [1.29, 1.82) is 0 Å². The van der Waals surface area contributed by atoms with Crippen LogP contribution >= 0.6 is 0 Å². The third-order valence-corrected chi connectivity index (χ3v) is 16.7. The minimum Gasteiger partial charge on any atom is -0.480 e. The number of ether oxygens (including phenoxy) is 4. The average molecular weight is 1320 g/mol. The van der Waals surface area contributed by atoms with Crippen molar-refractivity contribution in [3.05, 3.63) is 104 Å². The maximum Gasteiger partial charge on any atom is 0.408 e. The Morgan fingerprint density at radius 3 is 2.23 bits per heavy atom. The number of amides is 10. The van der Waals surface area contributed by atoms with Crippen LogP contribution in [-0.2, 0) is 96.9 Å². The molecule has 2 unspecified atom stereocenters. The molecule has 508 valence electrons. The quantitative estimate of drug-likeness (QED) is 0.0176. The maximum atomic E-state index is 15.7. The van der Waals surface area contributed by atoms with Crippen LogP contribution in [0.4, 0.5) is 14.9 Å². The van der Waals surface area contributed by atoms with Crippen molar-refractivity contribution in [3.8, 4) is 11.4 Å². The third kappa shape index (κ3) is 16.7. The molecular formula is C64H76FN11O19. The summed E-state index contributed by atoms with van der Waals surface area (Å²) in [5, 5.41) is 40.1. The van der Waals surface area contributed by atoms with E-state index in [4.69, 9.17) is 23.9 Å². The van der Waals surface area contributed by atoms with Crippen molar-refractivity contribution >= 4 is 87.8 Å². The van der Waals surface area contributed by atoms with Crippen LogP contribution in [0, 0.1) is 18.7 Å². The molecule has 31 heteroatoms. The molecule has 6 atom stereocenters. The van der Waals surface area contributed by atoms with Crippen LogP contribution in [0.2, 0.25) is 0 Å². The lowest BCUT2D eigenvalue weighted by Gasteiger charge is -2.31. The minimum absolute atomic E-state index is 0.0212. The smallest absolute Gasteiger partial charge is 0.408 e. The van der Waals surface area contributed by atoms with E-state index in [1.807, 2.05) is 0 Å². The molecule has 4 aromatic rings. The number of aliphatic hydroxyl groups is 1. The van der Waals surface area contributed by atoms with Crippen LogP contribution in [0.15, 0.2) is 53.3 Å². The van der Waals surface area contributed by atoms with Gasteiger partial charge in [-0.3, -0.25) is 57.6 Å². The van der Waals surface area contributed by atoms with Gasteiger partial charge in [0.1, 0.15) is 49.8 Å². The number of nitrogens with one attached hydrogen (secondary N) is 7. The number of pyridine rings is 2. The molecule has 95 heavy (non-hydrogen) atoms. The van der Waals surface area contributed by atoms with E-state index in [2.05, 4.69) is 37.2 Å². The molecule has 30 nitrogen and oxygen atoms in total. The molecule has 0 spiro atoms. The number of carboxylic acid groups (broad SMARTS) is 1. The molecule has 0 saturated carbocycles. The zero-order valence-corrected chi connectivity index (χ0v) is 53.4.